The molecule has 1 saturated heterocycles. The average Bonchev–Trinajstić information content (AvgIpc) is 3.07. The standard InChI is InChI=1S/C24H30N2O3/c27-24(25-13-4-9-19-7-2-1-3-8-19)18-26-14-5-10-21(26)20-11-12-22-23(17-20)29-16-6-15-28-22/h1-3,7-8,11-12,17,21H,4-6,9-10,13-16,18H2,(H,25,27)/p+1/t21-/m0/s1. The molecule has 2 aliphatic rings. The molecule has 5 heteroatoms. The fourth-order valence-corrected chi connectivity index (χ4v) is 4.36. The van der Waals surface area contributed by atoms with Gasteiger partial charge in [0.1, 0.15) is 6.04 Å². The van der Waals surface area contributed by atoms with E-state index in [1.165, 1.54) is 16.0 Å². The Bertz CT molecular complexity index is 809. The van der Waals surface area contributed by atoms with Crippen molar-refractivity contribution in [3.8, 4) is 11.5 Å². The summed E-state index contributed by atoms with van der Waals surface area (Å²) >= 11 is 0. The molecule has 0 radical (unpaired) electrons. The molecule has 2 aromatic rings. The minimum absolute atomic E-state index is 0.148. The molecule has 1 amide bonds. The third kappa shape index (κ3) is 5.30. The number of carbonyl (C=O) groups excluding carboxylic acids is 1. The van der Waals surface area contributed by atoms with Crippen LogP contribution in [-0.4, -0.2) is 38.8 Å². The van der Waals surface area contributed by atoms with Crippen LogP contribution in [0.4, 0.5) is 0 Å². The van der Waals surface area contributed by atoms with Crippen LogP contribution < -0.4 is 19.7 Å². The summed E-state index contributed by atoms with van der Waals surface area (Å²) in [5.74, 6) is 1.83. The van der Waals surface area contributed by atoms with Gasteiger partial charge in [-0.25, -0.2) is 0 Å². The second-order valence-corrected chi connectivity index (χ2v) is 7.98. The van der Waals surface area contributed by atoms with Gasteiger partial charge in [0.2, 0.25) is 0 Å². The number of nitrogens with one attached hydrogen (secondary N) is 2. The Morgan fingerprint density at radius 3 is 2.72 bits per heavy atom. The predicted octanol–water partition coefficient (Wildman–Crippen LogP) is 2.32. The molecule has 2 aromatic carbocycles. The Balaban J connectivity index is 1.28. The van der Waals surface area contributed by atoms with Crippen molar-refractivity contribution in [1.29, 1.82) is 0 Å². The van der Waals surface area contributed by atoms with Gasteiger partial charge in [0.25, 0.3) is 5.91 Å². The highest BCUT2D eigenvalue weighted by molar-refractivity contribution is 5.76. The summed E-state index contributed by atoms with van der Waals surface area (Å²) in [6.45, 7) is 3.71. The monoisotopic (exact) mass is 395 g/mol. The van der Waals surface area contributed by atoms with E-state index in [0.29, 0.717) is 25.8 Å². The van der Waals surface area contributed by atoms with Crippen LogP contribution in [0, 0.1) is 0 Å². The second kappa shape index (κ2) is 9.79. The van der Waals surface area contributed by atoms with Gasteiger partial charge in [0.15, 0.2) is 18.0 Å². The van der Waals surface area contributed by atoms with Gasteiger partial charge in [-0.2, -0.15) is 0 Å². The van der Waals surface area contributed by atoms with Crippen molar-refractivity contribution in [1.82, 2.24) is 5.32 Å². The van der Waals surface area contributed by atoms with Crippen LogP contribution in [-0.2, 0) is 11.2 Å². The number of ether oxygens (including phenoxy) is 2. The highest BCUT2D eigenvalue weighted by atomic mass is 16.5. The molecule has 2 N–H and O–H groups in total. The molecular formula is C24H31N2O3+. The van der Waals surface area contributed by atoms with Crippen molar-refractivity contribution < 1.29 is 19.2 Å². The number of carbonyl (C=O) groups is 1. The predicted molar refractivity (Wildman–Crippen MR) is 112 cm³/mol. The largest absolute Gasteiger partial charge is 0.490 e. The lowest BCUT2D eigenvalue weighted by Gasteiger charge is -2.22. The Labute approximate surface area is 173 Å². The zero-order valence-corrected chi connectivity index (χ0v) is 17.0. The first-order chi connectivity index (χ1) is 14.3. The zero-order valence-electron chi connectivity index (χ0n) is 17.0. The molecule has 2 atom stereocenters. The van der Waals surface area contributed by atoms with Crippen LogP contribution in [0.2, 0.25) is 0 Å². The molecule has 1 fully saturated rings. The summed E-state index contributed by atoms with van der Waals surface area (Å²) in [5, 5.41) is 3.11. The highest BCUT2D eigenvalue weighted by Gasteiger charge is 2.32. The molecule has 29 heavy (non-hydrogen) atoms. The van der Waals surface area contributed by atoms with Gasteiger partial charge in [-0.05, 0) is 36.6 Å². The van der Waals surface area contributed by atoms with E-state index in [4.69, 9.17) is 9.47 Å². The number of aryl methyl sites for hydroxylation is 1. The minimum Gasteiger partial charge on any atom is -0.490 e. The van der Waals surface area contributed by atoms with Crippen LogP contribution in [0.1, 0.15) is 42.9 Å². The van der Waals surface area contributed by atoms with E-state index in [2.05, 4.69) is 41.7 Å². The average molecular weight is 396 g/mol. The zero-order chi connectivity index (χ0) is 19.9. The minimum atomic E-state index is 0.148. The van der Waals surface area contributed by atoms with Gasteiger partial charge < -0.3 is 19.7 Å². The van der Waals surface area contributed by atoms with Crippen LogP contribution in [0.3, 0.4) is 0 Å². The summed E-state index contributed by atoms with van der Waals surface area (Å²) in [5.41, 5.74) is 2.57. The van der Waals surface area contributed by atoms with Crippen molar-refractivity contribution in [2.45, 2.75) is 38.1 Å². The van der Waals surface area contributed by atoms with Crippen LogP contribution in [0.5, 0.6) is 11.5 Å². The quantitative estimate of drug-likeness (QED) is 0.708. The van der Waals surface area contributed by atoms with Crippen molar-refractivity contribution in [2.75, 3.05) is 32.8 Å². The molecule has 0 aromatic heterocycles. The molecule has 4 rings (SSSR count). The molecule has 0 bridgehead atoms. The number of quaternary nitrogens is 1. The highest BCUT2D eigenvalue weighted by Crippen LogP contribution is 2.33. The Morgan fingerprint density at radius 1 is 1.03 bits per heavy atom. The third-order valence-corrected chi connectivity index (χ3v) is 5.85. The van der Waals surface area contributed by atoms with Crippen LogP contribution >= 0.6 is 0 Å². The SMILES string of the molecule is O=C(C[NH+]1CCC[C@H]1c1ccc2c(c1)OCCCO2)NCCCc1ccccc1. The lowest BCUT2D eigenvalue weighted by Crippen LogP contribution is -3.11. The topological polar surface area (TPSA) is 52.0 Å². The fourth-order valence-electron chi connectivity index (χ4n) is 4.36. The first-order valence-corrected chi connectivity index (χ1v) is 10.8. The van der Waals surface area contributed by atoms with Gasteiger partial charge in [-0.15, -0.1) is 0 Å². The number of hydrogen-bond acceptors (Lipinski definition) is 3. The first kappa shape index (κ1) is 19.8. The number of hydrogen-bond donors (Lipinski definition) is 2. The van der Waals surface area contributed by atoms with Crippen LogP contribution in [0.25, 0.3) is 0 Å². The Morgan fingerprint density at radius 2 is 1.86 bits per heavy atom. The summed E-state index contributed by atoms with van der Waals surface area (Å²) < 4.78 is 11.6. The smallest absolute Gasteiger partial charge is 0.275 e. The molecule has 154 valence electrons. The van der Waals surface area contributed by atoms with E-state index < -0.39 is 0 Å². The van der Waals surface area contributed by atoms with Gasteiger partial charge in [0.05, 0.1) is 19.8 Å². The second-order valence-electron chi connectivity index (χ2n) is 7.98. The van der Waals surface area contributed by atoms with Crippen molar-refractivity contribution >= 4 is 5.91 Å². The molecular weight excluding hydrogens is 364 g/mol. The number of rotatable bonds is 7. The molecule has 2 heterocycles. The van der Waals surface area contributed by atoms with E-state index >= 15 is 0 Å². The fraction of sp³-hybridized carbons (Fsp3) is 0.458. The Hall–Kier alpha value is -2.53. The van der Waals surface area contributed by atoms with E-state index in [-0.39, 0.29) is 5.91 Å². The number of fused-ring (bicyclic) bond motifs is 1. The number of likely N-dealkylation sites (tertiary alicyclic amines) is 1. The van der Waals surface area contributed by atoms with E-state index in [1.807, 2.05) is 12.1 Å². The molecule has 0 spiro atoms. The van der Waals surface area contributed by atoms with Crippen molar-refractivity contribution in [3.05, 3.63) is 59.7 Å². The maximum atomic E-state index is 12.5. The normalized spacial score (nSPS) is 20.8. The maximum Gasteiger partial charge on any atom is 0.275 e. The molecule has 5 nitrogen and oxygen atoms in total. The van der Waals surface area contributed by atoms with E-state index in [0.717, 1.165) is 56.7 Å². The Kier molecular flexibility index (Phi) is 6.67. The van der Waals surface area contributed by atoms with Gasteiger partial charge in [0, 0.05) is 31.4 Å². The van der Waals surface area contributed by atoms with E-state index in [9.17, 15) is 4.79 Å². The van der Waals surface area contributed by atoms with Crippen LogP contribution in [0.15, 0.2) is 48.5 Å². The van der Waals surface area contributed by atoms with Crippen molar-refractivity contribution in [2.24, 2.45) is 0 Å². The number of amides is 1. The van der Waals surface area contributed by atoms with Gasteiger partial charge in [-0.3, -0.25) is 4.79 Å². The lowest BCUT2D eigenvalue weighted by molar-refractivity contribution is -0.910. The first-order valence-electron chi connectivity index (χ1n) is 10.8. The van der Waals surface area contributed by atoms with Crippen molar-refractivity contribution in [3.63, 3.8) is 0 Å². The number of benzene rings is 2. The molecule has 2 aliphatic heterocycles. The van der Waals surface area contributed by atoms with E-state index in [1.54, 1.807) is 0 Å². The lowest BCUT2D eigenvalue weighted by atomic mass is 10.0. The molecule has 1 unspecified atom stereocenters. The summed E-state index contributed by atoms with van der Waals surface area (Å²) in [4.78, 5) is 13.8. The summed E-state index contributed by atoms with van der Waals surface area (Å²) in [6, 6.07) is 17.1. The van der Waals surface area contributed by atoms with Gasteiger partial charge >= 0.3 is 0 Å². The molecule has 0 saturated carbocycles. The molecule has 0 aliphatic carbocycles. The van der Waals surface area contributed by atoms with Gasteiger partial charge in [-0.1, -0.05) is 30.3 Å². The maximum absolute atomic E-state index is 12.5. The summed E-state index contributed by atoms with van der Waals surface area (Å²) in [6.07, 6.45) is 5.13. The third-order valence-electron chi connectivity index (χ3n) is 5.85. The summed E-state index contributed by atoms with van der Waals surface area (Å²) in [7, 11) is 0.